The molecule has 0 unspecified atom stereocenters. The lowest BCUT2D eigenvalue weighted by molar-refractivity contribution is -0.122. The molecule has 1 fully saturated rings. The quantitative estimate of drug-likeness (QED) is 0.935. The van der Waals surface area contributed by atoms with Crippen LogP contribution in [-0.4, -0.2) is 27.8 Å². The Labute approximate surface area is 146 Å². The fraction of sp³-hybridized carbons (Fsp3) is 0.368. The minimum absolute atomic E-state index is 0.132. The molecule has 2 aromatic rings. The minimum Gasteiger partial charge on any atom is -0.321 e. The van der Waals surface area contributed by atoms with Gasteiger partial charge in [0.05, 0.1) is 17.6 Å². The van der Waals surface area contributed by atoms with Crippen molar-refractivity contribution in [2.45, 2.75) is 45.1 Å². The van der Waals surface area contributed by atoms with Crippen molar-refractivity contribution in [2.75, 3.05) is 10.2 Å². The highest BCUT2D eigenvalue weighted by Crippen LogP contribution is 2.42. The third-order valence-electron chi connectivity index (χ3n) is 4.78. The molecule has 6 heteroatoms. The number of aryl methyl sites for hydroxylation is 1. The Morgan fingerprint density at radius 1 is 1.24 bits per heavy atom. The number of anilines is 2. The maximum atomic E-state index is 12.9. The van der Waals surface area contributed by atoms with Gasteiger partial charge in [0.25, 0.3) is 0 Å². The predicted molar refractivity (Wildman–Crippen MR) is 94.5 cm³/mol. The summed E-state index contributed by atoms with van der Waals surface area (Å²) in [5.74, 6) is 0.786. The van der Waals surface area contributed by atoms with Crippen molar-refractivity contribution in [3.05, 3.63) is 47.5 Å². The molecule has 0 radical (unpaired) electrons. The number of rotatable bonds is 3. The molecular formula is C19H20N4O2. The molecular weight excluding hydrogens is 316 g/mol. The average molecular weight is 336 g/mol. The zero-order valence-corrected chi connectivity index (χ0v) is 14.3. The van der Waals surface area contributed by atoms with Gasteiger partial charge in [-0.3, -0.25) is 14.5 Å². The summed E-state index contributed by atoms with van der Waals surface area (Å²) in [7, 11) is 0. The molecule has 0 bridgehead atoms. The molecule has 0 spiro atoms. The fourth-order valence-corrected chi connectivity index (χ4v) is 3.45. The maximum absolute atomic E-state index is 12.9. The normalized spacial score (nSPS) is 18.8. The first kappa shape index (κ1) is 15.7. The van der Waals surface area contributed by atoms with Crippen molar-refractivity contribution >= 4 is 23.2 Å². The monoisotopic (exact) mass is 336 g/mol. The summed E-state index contributed by atoms with van der Waals surface area (Å²) >= 11 is 0. The first-order valence-corrected chi connectivity index (χ1v) is 8.56. The number of aromatic nitrogens is 2. The van der Waals surface area contributed by atoms with Gasteiger partial charge < -0.3 is 5.32 Å². The van der Waals surface area contributed by atoms with Crippen LogP contribution in [0.4, 0.5) is 11.4 Å². The molecule has 1 atom stereocenters. The lowest BCUT2D eigenvalue weighted by atomic mass is 10.1. The second kappa shape index (κ2) is 5.95. The highest BCUT2D eigenvalue weighted by atomic mass is 16.2. The van der Waals surface area contributed by atoms with E-state index in [0.717, 1.165) is 29.8 Å². The van der Waals surface area contributed by atoms with Crippen molar-refractivity contribution in [1.29, 1.82) is 0 Å². The Balaban J connectivity index is 1.61. The first-order chi connectivity index (χ1) is 12.0. The largest absolute Gasteiger partial charge is 0.321 e. The van der Waals surface area contributed by atoms with Crippen LogP contribution in [0.15, 0.2) is 30.5 Å². The summed E-state index contributed by atoms with van der Waals surface area (Å²) < 4.78 is 0. The van der Waals surface area contributed by atoms with Gasteiger partial charge in [-0.25, -0.2) is 9.97 Å². The molecule has 1 aromatic carbocycles. The number of benzene rings is 1. The van der Waals surface area contributed by atoms with E-state index in [4.69, 9.17) is 0 Å². The van der Waals surface area contributed by atoms with Crippen molar-refractivity contribution in [3.8, 4) is 0 Å². The van der Waals surface area contributed by atoms with Crippen molar-refractivity contribution in [1.82, 2.24) is 9.97 Å². The van der Waals surface area contributed by atoms with E-state index in [1.165, 1.54) is 6.92 Å². The van der Waals surface area contributed by atoms with Gasteiger partial charge in [0, 0.05) is 24.9 Å². The second-order valence-electron chi connectivity index (χ2n) is 6.72. The molecule has 128 valence electrons. The Kier molecular flexibility index (Phi) is 3.75. The van der Waals surface area contributed by atoms with Crippen LogP contribution in [0.3, 0.4) is 0 Å². The number of carbonyl (C=O) groups excluding carboxylic acids is 2. The Morgan fingerprint density at radius 3 is 2.72 bits per heavy atom. The smallest absolute Gasteiger partial charge is 0.248 e. The Hall–Kier alpha value is -2.76. The number of hydrogen-bond donors (Lipinski definition) is 1. The van der Waals surface area contributed by atoms with Crippen molar-refractivity contribution < 1.29 is 9.59 Å². The summed E-state index contributed by atoms with van der Waals surface area (Å²) in [6, 6.07) is 7.12. The molecule has 0 saturated heterocycles. The van der Waals surface area contributed by atoms with E-state index in [2.05, 4.69) is 15.3 Å². The number of nitrogens with one attached hydrogen (secondary N) is 1. The van der Waals surface area contributed by atoms with E-state index in [-0.39, 0.29) is 11.8 Å². The summed E-state index contributed by atoms with van der Waals surface area (Å²) in [4.78, 5) is 35.3. The van der Waals surface area contributed by atoms with Gasteiger partial charge in [0.15, 0.2) is 0 Å². The summed E-state index contributed by atoms with van der Waals surface area (Å²) in [6.45, 7) is 3.34. The summed E-state index contributed by atoms with van der Waals surface area (Å²) in [5, 5.41) is 2.96. The van der Waals surface area contributed by atoms with E-state index >= 15 is 0 Å². The van der Waals surface area contributed by atoms with Crippen LogP contribution in [0.5, 0.6) is 0 Å². The number of nitrogens with zero attached hydrogens (tertiary/aromatic N) is 3. The van der Waals surface area contributed by atoms with Gasteiger partial charge in [-0.05, 0) is 31.4 Å². The number of para-hydroxylation sites is 1. The first-order valence-electron chi connectivity index (χ1n) is 8.56. The number of fused-ring (bicyclic) bond motifs is 1. The van der Waals surface area contributed by atoms with Gasteiger partial charge in [-0.1, -0.05) is 18.2 Å². The van der Waals surface area contributed by atoms with Gasteiger partial charge in [0.1, 0.15) is 11.9 Å². The molecule has 2 heterocycles. The topological polar surface area (TPSA) is 75.2 Å². The third-order valence-corrected chi connectivity index (χ3v) is 4.78. The maximum Gasteiger partial charge on any atom is 0.248 e. The van der Waals surface area contributed by atoms with Crippen LogP contribution in [0.1, 0.15) is 42.8 Å². The third kappa shape index (κ3) is 2.88. The molecule has 1 N–H and O–H groups in total. The van der Waals surface area contributed by atoms with Gasteiger partial charge in [-0.15, -0.1) is 0 Å². The Morgan fingerprint density at radius 2 is 2.00 bits per heavy atom. The minimum atomic E-state index is -0.539. The molecule has 1 aromatic heterocycles. The lowest BCUT2D eigenvalue weighted by Crippen LogP contribution is -2.44. The van der Waals surface area contributed by atoms with Crippen molar-refractivity contribution in [2.24, 2.45) is 0 Å². The zero-order valence-electron chi connectivity index (χ0n) is 14.3. The SMILES string of the molecule is CC(=O)N1c2ccccc2C[C@H]1C(=O)Nc1cnc(C)nc1C1CC1. The highest BCUT2D eigenvalue weighted by Gasteiger charge is 2.37. The standard InChI is InChI=1S/C19H20N4O2/c1-11-20-10-15(18(21-11)13-7-8-13)22-19(25)17-9-14-5-3-4-6-16(14)23(17)12(2)24/h3-6,10,13,17H,7-9H2,1-2H3,(H,22,25)/t17-/m0/s1. The zero-order chi connectivity index (χ0) is 17.6. The van der Waals surface area contributed by atoms with Gasteiger partial charge >= 0.3 is 0 Å². The summed E-state index contributed by atoms with van der Waals surface area (Å²) in [5.41, 5.74) is 3.40. The van der Waals surface area contributed by atoms with E-state index in [1.54, 1.807) is 11.1 Å². The molecule has 6 nitrogen and oxygen atoms in total. The second-order valence-corrected chi connectivity index (χ2v) is 6.72. The molecule has 1 aliphatic carbocycles. The van der Waals surface area contributed by atoms with Crippen LogP contribution in [-0.2, 0) is 16.0 Å². The molecule has 4 rings (SSSR count). The van der Waals surface area contributed by atoms with E-state index in [1.807, 2.05) is 31.2 Å². The lowest BCUT2D eigenvalue weighted by Gasteiger charge is -2.23. The molecule has 2 amide bonds. The van der Waals surface area contributed by atoms with E-state index in [9.17, 15) is 9.59 Å². The molecule has 1 aliphatic heterocycles. The number of carbonyl (C=O) groups is 2. The molecule has 2 aliphatic rings. The summed E-state index contributed by atoms with van der Waals surface area (Å²) in [6.07, 6.45) is 4.38. The van der Waals surface area contributed by atoms with E-state index < -0.39 is 6.04 Å². The van der Waals surface area contributed by atoms with Crippen LogP contribution in [0.25, 0.3) is 0 Å². The van der Waals surface area contributed by atoms with Crippen LogP contribution in [0.2, 0.25) is 0 Å². The van der Waals surface area contributed by atoms with E-state index in [0.29, 0.717) is 23.9 Å². The fourth-order valence-electron chi connectivity index (χ4n) is 3.45. The van der Waals surface area contributed by atoms with Crippen molar-refractivity contribution in [3.63, 3.8) is 0 Å². The van der Waals surface area contributed by atoms with Crippen LogP contribution in [0, 0.1) is 6.92 Å². The average Bonchev–Trinajstić information content (AvgIpc) is 3.35. The number of amides is 2. The number of hydrogen-bond acceptors (Lipinski definition) is 4. The van der Waals surface area contributed by atoms with Crippen LogP contribution >= 0.6 is 0 Å². The van der Waals surface area contributed by atoms with Gasteiger partial charge in [-0.2, -0.15) is 0 Å². The molecule has 1 saturated carbocycles. The van der Waals surface area contributed by atoms with Crippen LogP contribution < -0.4 is 10.2 Å². The predicted octanol–water partition coefficient (Wildman–Crippen LogP) is 2.58. The Bertz CT molecular complexity index is 860. The molecule has 25 heavy (non-hydrogen) atoms. The highest BCUT2D eigenvalue weighted by molar-refractivity contribution is 6.06. The van der Waals surface area contributed by atoms with Gasteiger partial charge in [0.2, 0.25) is 11.8 Å².